The van der Waals surface area contributed by atoms with Gasteiger partial charge >= 0.3 is 0 Å². The van der Waals surface area contributed by atoms with E-state index in [2.05, 4.69) is 10.6 Å². The molecule has 16 heavy (non-hydrogen) atoms. The highest BCUT2D eigenvalue weighted by Crippen LogP contribution is 2.21. The molecule has 0 amide bonds. The Labute approximate surface area is 93.3 Å². The Morgan fingerprint density at radius 1 is 1.31 bits per heavy atom. The van der Waals surface area contributed by atoms with Crippen molar-refractivity contribution in [1.29, 1.82) is 10.5 Å². The highest BCUT2D eigenvalue weighted by molar-refractivity contribution is 5.81. The highest BCUT2D eigenvalue weighted by Gasteiger charge is 2.05. The number of anilines is 2. The van der Waals surface area contributed by atoms with E-state index in [0.29, 0.717) is 11.4 Å². The minimum absolute atomic E-state index is 0.0157. The summed E-state index contributed by atoms with van der Waals surface area (Å²) >= 11 is 0. The Kier molecular flexibility index (Phi) is 3.88. The Bertz CT molecular complexity index is 482. The van der Waals surface area contributed by atoms with Gasteiger partial charge in [-0.1, -0.05) is 6.07 Å². The van der Waals surface area contributed by atoms with Crippen LogP contribution in [-0.2, 0) is 11.2 Å². The van der Waals surface area contributed by atoms with Gasteiger partial charge in [-0.15, -0.1) is 0 Å². The van der Waals surface area contributed by atoms with Crippen LogP contribution in [0.3, 0.4) is 0 Å². The molecule has 0 saturated carbocycles. The minimum atomic E-state index is 0.0157. The molecule has 0 unspecified atom stereocenters. The molecule has 1 aromatic carbocycles. The number of hydrogen-bond donors (Lipinski definition) is 2. The van der Waals surface area contributed by atoms with Crippen LogP contribution >= 0.6 is 0 Å². The summed E-state index contributed by atoms with van der Waals surface area (Å²) in [5.74, 6) is 0.0157. The third-order valence-corrected chi connectivity index (χ3v) is 1.94. The Hall–Kier alpha value is -2.53. The molecule has 1 rings (SSSR count). The molecule has 5 nitrogen and oxygen atoms in total. The summed E-state index contributed by atoms with van der Waals surface area (Å²) in [5, 5.41) is 22.0. The van der Waals surface area contributed by atoms with Gasteiger partial charge < -0.3 is 0 Å². The van der Waals surface area contributed by atoms with Gasteiger partial charge in [-0.25, -0.2) is 0 Å². The van der Waals surface area contributed by atoms with E-state index in [1.54, 1.807) is 30.6 Å². The number of hydrogen-bond acceptors (Lipinski definition) is 5. The normalized spacial score (nSPS) is 8.69. The first-order valence-electron chi connectivity index (χ1n) is 4.60. The number of benzene rings is 1. The van der Waals surface area contributed by atoms with Crippen LogP contribution in [0.4, 0.5) is 11.4 Å². The van der Waals surface area contributed by atoms with E-state index in [-0.39, 0.29) is 12.2 Å². The zero-order valence-electron chi connectivity index (χ0n) is 8.74. The number of nitrogens with zero attached hydrogens (tertiary/aromatic N) is 2. The second-order valence-electron chi connectivity index (χ2n) is 3.22. The minimum Gasteiger partial charge on any atom is -0.300 e. The predicted molar refractivity (Wildman–Crippen MR) is 59.3 cm³/mol. The maximum Gasteiger partial charge on any atom is 0.181 e. The van der Waals surface area contributed by atoms with Gasteiger partial charge in [-0.3, -0.25) is 15.4 Å². The van der Waals surface area contributed by atoms with E-state index in [0.717, 1.165) is 5.56 Å². The molecule has 0 saturated heterocycles. The molecule has 0 heterocycles. The van der Waals surface area contributed by atoms with Crippen molar-refractivity contribution in [2.24, 2.45) is 0 Å². The van der Waals surface area contributed by atoms with Gasteiger partial charge in [-0.2, -0.15) is 10.5 Å². The monoisotopic (exact) mass is 214 g/mol. The molecular formula is C11H10N4O. The molecule has 0 radical (unpaired) electrons. The van der Waals surface area contributed by atoms with Crippen molar-refractivity contribution in [1.82, 2.24) is 0 Å². The molecule has 0 bridgehead atoms. The zero-order valence-corrected chi connectivity index (χ0v) is 8.74. The topological polar surface area (TPSA) is 88.7 Å². The van der Waals surface area contributed by atoms with Crippen LogP contribution in [0.25, 0.3) is 0 Å². The molecular weight excluding hydrogens is 204 g/mol. The summed E-state index contributed by atoms with van der Waals surface area (Å²) < 4.78 is 0. The summed E-state index contributed by atoms with van der Waals surface area (Å²) in [6.45, 7) is 1.48. The first-order chi connectivity index (χ1) is 7.67. The first kappa shape index (κ1) is 11.5. The lowest BCUT2D eigenvalue weighted by Crippen LogP contribution is -2.02. The maximum atomic E-state index is 11.0. The highest BCUT2D eigenvalue weighted by atomic mass is 16.1. The van der Waals surface area contributed by atoms with Crippen LogP contribution in [0.1, 0.15) is 12.5 Å². The van der Waals surface area contributed by atoms with Gasteiger partial charge in [0.1, 0.15) is 5.78 Å². The molecule has 5 heteroatoms. The van der Waals surface area contributed by atoms with Gasteiger partial charge in [0.25, 0.3) is 0 Å². The van der Waals surface area contributed by atoms with E-state index in [9.17, 15) is 4.79 Å². The SMILES string of the molecule is CC(=O)Cc1ccc(NC#N)cc1NC#N. The molecule has 80 valence electrons. The second kappa shape index (κ2) is 5.38. The molecule has 0 aromatic heterocycles. The molecule has 2 N–H and O–H groups in total. The Morgan fingerprint density at radius 2 is 2.00 bits per heavy atom. The Morgan fingerprint density at radius 3 is 2.56 bits per heavy atom. The number of carbonyl (C=O) groups is 1. The van der Waals surface area contributed by atoms with Crippen molar-refractivity contribution in [2.75, 3.05) is 10.6 Å². The lowest BCUT2D eigenvalue weighted by molar-refractivity contribution is -0.116. The number of nitriles is 2. The van der Waals surface area contributed by atoms with Gasteiger partial charge in [0, 0.05) is 12.1 Å². The van der Waals surface area contributed by atoms with Crippen LogP contribution in [0.2, 0.25) is 0 Å². The average molecular weight is 214 g/mol. The van der Waals surface area contributed by atoms with E-state index >= 15 is 0 Å². The summed E-state index contributed by atoms with van der Waals surface area (Å²) in [6.07, 6.45) is 3.84. The molecule has 1 aromatic rings. The van der Waals surface area contributed by atoms with Crippen molar-refractivity contribution in [3.63, 3.8) is 0 Å². The van der Waals surface area contributed by atoms with Gasteiger partial charge in [0.05, 0.1) is 5.69 Å². The van der Waals surface area contributed by atoms with E-state index < -0.39 is 0 Å². The van der Waals surface area contributed by atoms with Crippen LogP contribution in [0, 0.1) is 22.9 Å². The molecule has 0 fully saturated rings. The third-order valence-electron chi connectivity index (χ3n) is 1.94. The molecule has 0 spiro atoms. The number of ketones is 1. The van der Waals surface area contributed by atoms with Crippen LogP contribution in [0.5, 0.6) is 0 Å². The predicted octanol–water partition coefficient (Wildman–Crippen LogP) is 1.60. The largest absolute Gasteiger partial charge is 0.300 e. The molecule has 0 aliphatic heterocycles. The van der Waals surface area contributed by atoms with Crippen LogP contribution in [0.15, 0.2) is 18.2 Å². The number of carbonyl (C=O) groups excluding carboxylic acids is 1. The van der Waals surface area contributed by atoms with Crippen LogP contribution in [-0.4, -0.2) is 5.78 Å². The summed E-state index contributed by atoms with van der Waals surface area (Å²) in [7, 11) is 0. The van der Waals surface area contributed by atoms with Crippen LogP contribution < -0.4 is 10.6 Å². The molecule has 0 aliphatic carbocycles. The fourth-order valence-electron chi connectivity index (χ4n) is 1.32. The van der Waals surface area contributed by atoms with E-state index in [1.165, 1.54) is 6.92 Å². The summed E-state index contributed by atoms with van der Waals surface area (Å²) in [5.41, 5.74) is 1.85. The molecule has 0 aliphatic rings. The fourth-order valence-corrected chi connectivity index (χ4v) is 1.32. The lowest BCUT2D eigenvalue weighted by Gasteiger charge is -2.07. The van der Waals surface area contributed by atoms with Gasteiger partial charge in [-0.05, 0) is 24.6 Å². The van der Waals surface area contributed by atoms with Crippen molar-refractivity contribution < 1.29 is 4.79 Å². The van der Waals surface area contributed by atoms with Gasteiger partial charge in [0.15, 0.2) is 12.4 Å². The van der Waals surface area contributed by atoms with Gasteiger partial charge in [0.2, 0.25) is 0 Å². The lowest BCUT2D eigenvalue weighted by atomic mass is 10.1. The first-order valence-corrected chi connectivity index (χ1v) is 4.60. The number of rotatable bonds is 4. The standard InChI is InChI=1S/C11H10N4O/c1-8(16)4-9-2-3-10(14-6-12)5-11(9)15-7-13/h2-3,5,14-15H,4H2,1H3. The fraction of sp³-hybridized carbons (Fsp3) is 0.182. The van der Waals surface area contributed by atoms with E-state index in [1.807, 2.05) is 0 Å². The molecule has 0 atom stereocenters. The van der Waals surface area contributed by atoms with Crippen molar-refractivity contribution in [3.8, 4) is 12.4 Å². The number of Topliss-reactive ketones (excluding diaryl/α,β-unsaturated/α-hetero) is 1. The van der Waals surface area contributed by atoms with Crippen molar-refractivity contribution in [2.45, 2.75) is 13.3 Å². The Balaban J connectivity index is 3.05. The maximum absolute atomic E-state index is 11.0. The summed E-state index contributed by atoms with van der Waals surface area (Å²) in [4.78, 5) is 11.0. The quantitative estimate of drug-likeness (QED) is 0.587. The van der Waals surface area contributed by atoms with Crippen molar-refractivity contribution >= 4 is 17.2 Å². The average Bonchev–Trinajstić information content (AvgIpc) is 2.22. The van der Waals surface area contributed by atoms with E-state index in [4.69, 9.17) is 10.5 Å². The third kappa shape index (κ3) is 3.00. The second-order valence-corrected chi connectivity index (χ2v) is 3.22. The zero-order chi connectivity index (χ0) is 12.0. The number of nitrogens with one attached hydrogen (secondary N) is 2. The smallest absolute Gasteiger partial charge is 0.181 e. The summed E-state index contributed by atoms with van der Waals surface area (Å²) in [6, 6.07) is 5.01. The van der Waals surface area contributed by atoms with Crippen molar-refractivity contribution in [3.05, 3.63) is 23.8 Å².